The van der Waals surface area contributed by atoms with Gasteiger partial charge in [-0.25, -0.2) is 4.39 Å². The molecule has 2 aromatic carbocycles. The van der Waals surface area contributed by atoms with Crippen LogP contribution in [0.1, 0.15) is 60.3 Å². The van der Waals surface area contributed by atoms with Crippen LogP contribution in [0.2, 0.25) is 5.02 Å². The molecule has 0 radical (unpaired) electrons. The van der Waals surface area contributed by atoms with E-state index >= 15 is 0 Å². The molecule has 1 aliphatic heterocycles. The first-order valence-electron chi connectivity index (χ1n) is 10.4. The van der Waals surface area contributed by atoms with Gasteiger partial charge in [-0.2, -0.15) is 0 Å². The number of benzene rings is 2. The molecule has 1 saturated carbocycles. The average Bonchev–Trinajstić information content (AvgIpc) is 3.09. The van der Waals surface area contributed by atoms with Gasteiger partial charge in [0.2, 0.25) is 0 Å². The zero-order valence-electron chi connectivity index (χ0n) is 17.3. The van der Waals surface area contributed by atoms with Gasteiger partial charge in [-0.05, 0) is 73.6 Å². The van der Waals surface area contributed by atoms with E-state index in [1.54, 1.807) is 19.2 Å². The lowest BCUT2D eigenvalue weighted by Crippen LogP contribution is -2.17. The van der Waals surface area contributed by atoms with Crippen LogP contribution in [0.4, 0.5) is 4.39 Å². The van der Waals surface area contributed by atoms with Crippen molar-refractivity contribution in [1.82, 2.24) is 20.1 Å². The highest BCUT2D eigenvalue weighted by Gasteiger charge is 2.30. The minimum absolute atomic E-state index is 0. The van der Waals surface area contributed by atoms with Crippen LogP contribution in [0.25, 0.3) is 5.69 Å². The van der Waals surface area contributed by atoms with Crippen LogP contribution in [0.15, 0.2) is 36.4 Å². The zero-order chi connectivity index (χ0) is 20.7. The van der Waals surface area contributed by atoms with Crippen molar-refractivity contribution in [3.05, 3.63) is 70.0 Å². The van der Waals surface area contributed by atoms with Crippen molar-refractivity contribution in [2.24, 2.45) is 0 Å². The average molecular weight is 463 g/mol. The molecule has 5 nitrogen and oxygen atoms in total. The quantitative estimate of drug-likeness (QED) is 0.555. The van der Waals surface area contributed by atoms with E-state index in [0.717, 1.165) is 71.5 Å². The summed E-state index contributed by atoms with van der Waals surface area (Å²) >= 11 is 6.22. The molecule has 0 saturated heterocycles. The molecule has 2 heterocycles. The number of aromatic nitrogens is 3. The summed E-state index contributed by atoms with van der Waals surface area (Å²) in [7, 11) is 1.64. The van der Waals surface area contributed by atoms with Crippen molar-refractivity contribution >= 4 is 24.0 Å². The number of ether oxygens (including phenoxy) is 1. The Kier molecular flexibility index (Phi) is 6.51. The Morgan fingerprint density at radius 3 is 2.58 bits per heavy atom. The summed E-state index contributed by atoms with van der Waals surface area (Å²) in [6.45, 7) is 1.43. The highest BCUT2D eigenvalue weighted by Crippen LogP contribution is 2.43. The first-order chi connectivity index (χ1) is 14.6. The standard InChI is InChI=1S/C23H24ClFN4O.ClH/c1-30-21-9-7-18(25)11-19(21)14-2-4-15(5-3-14)23-28-27-22-13-26-12-16-10-17(24)6-8-20(16)29(22)23;/h6-11,14-15,26H,2-5,12-13H2,1H3;1H/t14-,15-;. The van der Waals surface area contributed by atoms with Gasteiger partial charge in [0.1, 0.15) is 17.4 Å². The van der Waals surface area contributed by atoms with Crippen LogP contribution in [0.5, 0.6) is 5.75 Å². The number of nitrogens with one attached hydrogen (secondary N) is 1. The maximum Gasteiger partial charge on any atom is 0.151 e. The number of methoxy groups -OCH3 is 1. The zero-order valence-corrected chi connectivity index (χ0v) is 18.8. The maximum atomic E-state index is 13.8. The first kappa shape index (κ1) is 22.1. The van der Waals surface area contributed by atoms with E-state index in [0.29, 0.717) is 18.4 Å². The molecule has 0 unspecified atom stereocenters. The van der Waals surface area contributed by atoms with E-state index < -0.39 is 0 Å². The molecule has 1 aromatic heterocycles. The third kappa shape index (κ3) is 4.16. The summed E-state index contributed by atoms with van der Waals surface area (Å²) in [6.07, 6.45) is 3.91. The highest BCUT2D eigenvalue weighted by molar-refractivity contribution is 6.30. The minimum Gasteiger partial charge on any atom is -0.496 e. The summed E-state index contributed by atoms with van der Waals surface area (Å²) in [5.74, 6) is 3.13. The molecule has 1 aliphatic carbocycles. The highest BCUT2D eigenvalue weighted by atomic mass is 35.5. The molecule has 5 rings (SSSR count). The van der Waals surface area contributed by atoms with Gasteiger partial charge < -0.3 is 10.1 Å². The predicted octanol–water partition coefficient (Wildman–Crippen LogP) is 5.53. The minimum atomic E-state index is -0.210. The monoisotopic (exact) mass is 462 g/mol. The van der Waals surface area contributed by atoms with E-state index in [2.05, 4.69) is 26.1 Å². The van der Waals surface area contributed by atoms with Gasteiger partial charge in [-0.15, -0.1) is 22.6 Å². The lowest BCUT2D eigenvalue weighted by Gasteiger charge is -2.29. The summed E-state index contributed by atoms with van der Waals surface area (Å²) in [5.41, 5.74) is 3.23. The molecule has 164 valence electrons. The Bertz CT molecular complexity index is 1080. The second kappa shape index (κ2) is 9.15. The fourth-order valence-corrected chi connectivity index (χ4v) is 5.08. The topological polar surface area (TPSA) is 52.0 Å². The second-order valence-corrected chi connectivity index (χ2v) is 8.56. The first-order valence-corrected chi connectivity index (χ1v) is 10.8. The third-order valence-electron chi connectivity index (χ3n) is 6.36. The molecular weight excluding hydrogens is 438 g/mol. The van der Waals surface area contributed by atoms with Crippen LogP contribution in [-0.2, 0) is 13.1 Å². The van der Waals surface area contributed by atoms with Crippen LogP contribution < -0.4 is 10.1 Å². The Balaban J connectivity index is 0.00000231. The molecule has 31 heavy (non-hydrogen) atoms. The van der Waals surface area contributed by atoms with Crippen LogP contribution >= 0.6 is 24.0 Å². The SMILES string of the molecule is COc1ccc(F)cc1[C@H]1CC[C@H](c2nnc3n2-c2ccc(Cl)cc2CNC3)CC1.Cl. The lowest BCUT2D eigenvalue weighted by molar-refractivity contribution is 0.360. The molecule has 0 bridgehead atoms. The van der Waals surface area contributed by atoms with Gasteiger partial charge in [-0.3, -0.25) is 4.57 Å². The Labute approximate surface area is 192 Å². The Morgan fingerprint density at radius 2 is 1.81 bits per heavy atom. The normalized spacial score (nSPS) is 20.2. The smallest absolute Gasteiger partial charge is 0.151 e. The van der Waals surface area contributed by atoms with Crippen molar-refractivity contribution in [1.29, 1.82) is 0 Å². The van der Waals surface area contributed by atoms with E-state index in [-0.39, 0.29) is 18.2 Å². The molecule has 2 aliphatic rings. The van der Waals surface area contributed by atoms with Crippen molar-refractivity contribution < 1.29 is 9.13 Å². The molecule has 0 atom stereocenters. The number of halogens is 3. The number of hydrogen-bond donors (Lipinski definition) is 1. The van der Waals surface area contributed by atoms with E-state index in [1.807, 2.05) is 12.1 Å². The summed E-state index contributed by atoms with van der Waals surface area (Å²) in [5, 5.41) is 13.2. The second-order valence-electron chi connectivity index (χ2n) is 8.12. The van der Waals surface area contributed by atoms with Crippen LogP contribution in [0, 0.1) is 5.82 Å². The van der Waals surface area contributed by atoms with Gasteiger partial charge in [-0.1, -0.05) is 11.6 Å². The fraction of sp³-hybridized carbons (Fsp3) is 0.391. The van der Waals surface area contributed by atoms with Crippen molar-refractivity contribution in [2.45, 2.75) is 50.6 Å². The van der Waals surface area contributed by atoms with Crippen LogP contribution in [-0.4, -0.2) is 21.9 Å². The number of fused-ring (bicyclic) bond motifs is 3. The molecular formula is C23H25Cl2FN4O. The number of rotatable bonds is 3. The molecule has 0 amide bonds. The predicted molar refractivity (Wildman–Crippen MR) is 121 cm³/mol. The van der Waals surface area contributed by atoms with E-state index in [9.17, 15) is 4.39 Å². The van der Waals surface area contributed by atoms with Crippen molar-refractivity contribution in [2.75, 3.05) is 7.11 Å². The number of nitrogens with zero attached hydrogens (tertiary/aromatic N) is 3. The Hall–Kier alpha value is -2.15. The van der Waals surface area contributed by atoms with Gasteiger partial charge >= 0.3 is 0 Å². The Morgan fingerprint density at radius 1 is 1.03 bits per heavy atom. The van der Waals surface area contributed by atoms with Crippen molar-refractivity contribution in [3.63, 3.8) is 0 Å². The number of hydrogen-bond acceptors (Lipinski definition) is 4. The van der Waals surface area contributed by atoms with Crippen molar-refractivity contribution in [3.8, 4) is 11.4 Å². The molecule has 1 N–H and O–H groups in total. The third-order valence-corrected chi connectivity index (χ3v) is 6.60. The largest absolute Gasteiger partial charge is 0.496 e. The lowest BCUT2D eigenvalue weighted by atomic mass is 9.78. The summed E-state index contributed by atoms with van der Waals surface area (Å²) < 4.78 is 21.5. The van der Waals surface area contributed by atoms with Gasteiger partial charge in [0.15, 0.2) is 5.82 Å². The van der Waals surface area contributed by atoms with Gasteiger partial charge in [0.25, 0.3) is 0 Å². The molecule has 0 spiro atoms. The van der Waals surface area contributed by atoms with E-state index in [1.165, 1.54) is 6.07 Å². The van der Waals surface area contributed by atoms with Gasteiger partial charge in [0, 0.05) is 23.0 Å². The fourth-order valence-electron chi connectivity index (χ4n) is 4.88. The summed E-state index contributed by atoms with van der Waals surface area (Å²) in [6, 6.07) is 10.8. The molecule has 3 aromatic rings. The van der Waals surface area contributed by atoms with E-state index in [4.69, 9.17) is 16.3 Å². The maximum absolute atomic E-state index is 13.8. The van der Waals surface area contributed by atoms with Crippen LogP contribution in [0.3, 0.4) is 0 Å². The summed E-state index contributed by atoms with van der Waals surface area (Å²) in [4.78, 5) is 0. The van der Waals surface area contributed by atoms with Gasteiger partial charge in [0.05, 0.1) is 19.3 Å². The molecule has 8 heteroatoms. The molecule has 1 fully saturated rings.